The highest BCUT2D eigenvalue weighted by Crippen LogP contribution is 2.30. The number of nitrogens with two attached hydrogens (primary N) is 1. The number of hydrogen-bond donors (Lipinski definition) is 2. The molecule has 2 aliphatic heterocycles. The number of rotatable bonds is 7. The van der Waals surface area contributed by atoms with Crippen LogP contribution in [-0.2, 0) is 22.7 Å². The molecule has 2 aliphatic rings. The van der Waals surface area contributed by atoms with Crippen LogP contribution in [0, 0.1) is 0 Å². The van der Waals surface area contributed by atoms with E-state index in [9.17, 15) is 14.4 Å². The maximum Gasteiger partial charge on any atom is 0.255 e. The number of benzene rings is 2. The Morgan fingerprint density at radius 3 is 2.55 bits per heavy atom. The molecule has 4 rings (SSSR count). The molecule has 3 N–H and O–H groups in total. The molecule has 2 unspecified atom stereocenters. The van der Waals surface area contributed by atoms with E-state index in [0.717, 1.165) is 11.1 Å². The van der Waals surface area contributed by atoms with E-state index in [1.54, 1.807) is 4.90 Å². The summed E-state index contributed by atoms with van der Waals surface area (Å²) in [6, 6.07) is 15.8. The molecule has 33 heavy (non-hydrogen) atoms. The summed E-state index contributed by atoms with van der Waals surface area (Å²) in [5.74, 6) is -0.817. The van der Waals surface area contributed by atoms with E-state index in [0.29, 0.717) is 31.6 Å². The van der Waals surface area contributed by atoms with Gasteiger partial charge in [-0.3, -0.25) is 24.6 Å². The quantitative estimate of drug-likeness (QED) is 0.635. The number of carbonyl (C=O) groups is 3. The van der Waals surface area contributed by atoms with E-state index in [-0.39, 0.29) is 35.7 Å². The lowest BCUT2D eigenvalue weighted by Crippen LogP contribution is -2.52. The van der Waals surface area contributed by atoms with E-state index < -0.39 is 6.04 Å². The van der Waals surface area contributed by atoms with Gasteiger partial charge in [-0.25, -0.2) is 0 Å². The van der Waals surface area contributed by atoms with Crippen LogP contribution in [0.25, 0.3) is 0 Å². The van der Waals surface area contributed by atoms with Crippen molar-refractivity contribution in [3.63, 3.8) is 0 Å². The summed E-state index contributed by atoms with van der Waals surface area (Å²) in [6.07, 6.45) is 0.619. The normalized spacial score (nSPS) is 19.6. The second kappa shape index (κ2) is 9.08. The third kappa shape index (κ3) is 5.15. The van der Waals surface area contributed by atoms with E-state index >= 15 is 0 Å². The molecule has 174 valence electrons. The highest BCUT2D eigenvalue weighted by atomic mass is 16.2. The first-order valence-electron chi connectivity index (χ1n) is 11.5. The van der Waals surface area contributed by atoms with Gasteiger partial charge >= 0.3 is 0 Å². The summed E-state index contributed by atoms with van der Waals surface area (Å²) in [5.41, 5.74) is 9.89. The SMILES string of the molecule is CC(c1ccccc1)N(Cc1ccc2c(c1)CN(C1CCC(=O)NC1=O)C2=O)CC(C)(C)N. The molecule has 0 spiro atoms. The molecule has 2 aromatic rings. The van der Waals surface area contributed by atoms with Gasteiger partial charge in [0.15, 0.2) is 0 Å². The Morgan fingerprint density at radius 2 is 1.88 bits per heavy atom. The van der Waals surface area contributed by atoms with Gasteiger partial charge in [0.2, 0.25) is 11.8 Å². The fourth-order valence-electron chi connectivity index (χ4n) is 4.76. The summed E-state index contributed by atoms with van der Waals surface area (Å²) < 4.78 is 0. The lowest BCUT2D eigenvalue weighted by molar-refractivity contribution is -0.136. The highest BCUT2D eigenvalue weighted by Gasteiger charge is 2.39. The van der Waals surface area contributed by atoms with Gasteiger partial charge in [-0.05, 0) is 49.9 Å². The van der Waals surface area contributed by atoms with Crippen molar-refractivity contribution in [2.75, 3.05) is 6.54 Å². The first-order chi connectivity index (χ1) is 15.6. The molecule has 0 radical (unpaired) electrons. The summed E-state index contributed by atoms with van der Waals surface area (Å²) in [4.78, 5) is 40.7. The third-order valence-corrected chi connectivity index (χ3v) is 6.41. The van der Waals surface area contributed by atoms with Gasteiger partial charge in [0.05, 0.1) is 0 Å². The maximum atomic E-state index is 13.0. The zero-order valence-electron chi connectivity index (χ0n) is 19.5. The van der Waals surface area contributed by atoms with Crippen LogP contribution in [0.5, 0.6) is 0 Å². The molecular formula is C26H32N4O3. The fraction of sp³-hybridized carbons (Fsp3) is 0.423. The summed E-state index contributed by atoms with van der Waals surface area (Å²) in [5, 5.41) is 2.35. The molecule has 2 atom stereocenters. The van der Waals surface area contributed by atoms with Crippen molar-refractivity contribution in [2.24, 2.45) is 5.73 Å². The molecular weight excluding hydrogens is 416 g/mol. The van der Waals surface area contributed by atoms with Crippen LogP contribution in [0.2, 0.25) is 0 Å². The average Bonchev–Trinajstić information content (AvgIpc) is 3.08. The molecule has 7 nitrogen and oxygen atoms in total. The van der Waals surface area contributed by atoms with Gasteiger partial charge in [-0.1, -0.05) is 42.5 Å². The topological polar surface area (TPSA) is 95.7 Å². The Hall–Kier alpha value is -3.03. The molecule has 7 heteroatoms. The Bertz CT molecular complexity index is 1060. The second-order valence-corrected chi connectivity index (χ2v) is 9.87. The first kappa shape index (κ1) is 23.1. The number of imide groups is 1. The average molecular weight is 449 g/mol. The van der Waals surface area contributed by atoms with E-state index in [4.69, 9.17) is 5.73 Å². The number of carbonyl (C=O) groups excluding carboxylic acids is 3. The van der Waals surface area contributed by atoms with Crippen LogP contribution in [-0.4, -0.2) is 45.6 Å². The highest BCUT2D eigenvalue weighted by molar-refractivity contribution is 6.05. The number of fused-ring (bicyclic) bond motifs is 1. The van der Waals surface area contributed by atoms with Crippen molar-refractivity contribution >= 4 is 17.7 Å². The van der Waals surface area contributed by atoms with Gasteiger partial charge in [-0.2, -0.15) is 0 Å². The van der Waals surface area contributed by atoms with E-state index in [1.165, 1.54) is 5.56 Å². The van der Waals surface area contributed by atoms with Crippen LogP contribution in [0.1, 0.15) is 66.7 Å². The van der Waals surface area contributed by atoms with Crippen molar-refractivity contribution in [2.45, 2.75) is 64.3 Å². The Balaban J connectivity index is 1.54. The van der Waals surface area contributed by atoms with Crippen molar-refractivity contribution in [1.82, 2.24) is 15.1 Å². The fourth-order valence-corrected chi connectivity index (χ4v) is 4.76. The number of amides is 3. The smallest absolute Gasteiger partial charge is 0.255 e. The van der Waals surface area contributed by atoms with Crippen molar-refractivity contribution in [3.8, 4) is 0 Å². The van der Waals surface area contributed by atoms with E-state index in [2.05, 4.69) is 35.3 Å². The Morgan fingerprint density at radius 1 is 1.15 bits per heavy atom. The van der Waals surface area contributed by atoms with Crippen LogP contribution < -0.4 is 11.1 Å². The molecule has 0 aromatic heterocycles. The van der Waals surface area contributed by atoms with Crippen LogP contribution in [0.4, 0.5) is 0 Å². The van der Waals surface area contributed by atoms with Crippen molar-refractivity contribution in [3.05, 3.63) is 70.8 Å². The van der Waals surface area contributed by atoms with Crippen molar-refractivity contribution in [1.29, 1.82) is 0 Å². The van der Waals surface area contributed by atoms with Gasteiger partial charge in [0, 0.05) is 43.2 Å². The number of nitrogens with one attached hydrogen (secondary N) is 1. The molecule has 0 bridgehead atoms. The Labute approximate surface area is 194 Å². The molecule has 0 saturated carbocycles. The number of hydrogen-bond acceptors (Lipinski definition) is 5. The predicted octanol–water partition coefficient (Wildman–Crippen LogP) is 2.75. The van der Waals surface area contributed by atoms with Crippen LogP contribution in [0.15, 0.2) is 48.5 Å². The second-order valence-electron chi connectivity index (χ2n) is 9.87. The molecule has 2 heterocycles. The van der Waals surface area contributed by atoms with Gasteiger partial charge < -0.3 is 10.6 Å². The molecule has 3 amide bonds. The van der Waals surface area contributed by atoms with Crippen LogP contribution >= 0.6 is 0 Å². The third-order valence-electron chi connectivity index (χ3n) is 6.41. The predicted molar refractivity (Wildman–Crippen MR) is 126 cm³/mol. The Kier molecular flexibility index (Phi) is 6.36. The minimum Gasteiger partial charge on any atom is -0.324 e. The van der Waals surface area contributed by atoms with Crippen molar-refractivity contribution < 1.29 is 14.4 Å². The van der Waals surface area contributed by atoms with Crippen LogP contribution in [0.3, 0.4) is 0 Å². The minimum atomic E-state index is -0.598. The monoisotopic (exact) mass is 448 g/mol. The molecule has 1 fully saturated rings. The molecule has 2 aromatic carbocycles. The standard InChI is InChI=1S/C26H32N4O3/c1-17(19-7-5-4-6-8-19)29(16-26(2,3)27)14-18-9-10-21-20(13-18)15-30(25(21)33)22-11-12-23(31)28-24(22)32/h4-10,13,17,22H,11-12,14-16,27H2,1-3H3,(H,28,31,32). The van der Waals surface area contributed by atoms with Gasteiger partial charge in [0.25, 0.3) is 5.91 Å². The maximum absolute atomic E-state index is 13.0. The first-order valence-corrected chi connectivity index (χ1v) is 11.5. The summed E-state index contributed by atoms with van der Waals surface area (Å²) >= 11 is 0. The molecule has 1 saturated heterocycles. The molecule has 0 aliphatic carbocycles. The zero-order chi connectivity index (χ0) is 23.8. The van der Waals surface area contributed by atoms with E-state index in [1.807, 2.05) is 44.2 Å². The summed E-state index contributed by atoms with van der Waals surface area (Å²) in [7, 11) is 0. The van der Waals surface area contributed by atoms with Gasteiger partial charge in [0.1, 0.15) is 6.04 Å². The lowest BCUT2D eigenvalue weighted by atomic mass is 10.00. The number of piperidine rings is 1. The lowest BCUT2D eigenvalue weighted by Gasteiger charge is -2.35. The summed E-state index contributed by atoms with van der Waals surface area (Å²) in [6.45, 7) is 8.01. The minimum absolute atomic E-state index is 0.149. The zero-order valence-corrected chi connectivity index (χ0v) is 19.5. The largest absolute Gasteiger partial charge is 0.324 e. The number of nitrogens with zero attached hydrogens (tertiary/aromatic N) is 2. The van der Waals surface area contributed by atoms with Gasteiger partial charge in [-0.15, -0.1) is 0 Å².